The number of benzene rings is 4. The van der Waals surface area contributed by atoms with Gasteiger partial charge in [0.05, 0.1) is 76.8 Å². The van der Waals surface area contributed by atoms with Crippen molar-refractivity contribution in [2.75, 3.05) is 60.2 Å². The monoisotopic (exact) mass is 1850 g/mol. The van der Waals surface area contributed by atoms with Gasteiger partial charge in [0.25, 0.3) is 0 Å². The third kappa shape index (κ3) is 19.0. The van der Waals surface area contributed by atoms with Crippen molar-refractivity contribution in [2.24, 2.45) is 0 Å². The predicted octanol–water partition coefficient (Wildman–Crippen LogP) is 18.7. The zero-order chi connectivity index (χ0) is 95.1. The van der Waals surface area contributed by atoms with Crippen molar-refractivity contribution in [2.45, 2.75) is 182 Å². The molecule has 32 heteroatoms. The maximum absolute atomic E-state index is 15.1. The summed E-state index contributed by atoms with van der Waals surface area (Å²) in [6.07, 6.45) is 10.6. The zero-order valence-corrected chi connectivity index (χ0v) is 79.4. The second kappa shape index (κ2) is 39.7. The second-order valence-corrected chi connectivity index (χ2v) is 37.4. The van der Waals surface area contributed by atoms with E-state index in [-0.39, 0.29) is 144 Å². The number of anilines is 3. The Morgan fingerprint density at radius 1 is 0.412 bits per heavy atom. The molecule has 131 heavy (non-hydrogen) atoms. The number of rotatable bonds is 19. The van der Waals surface area contributed by atoms with Crippen molar-refractivity contribution >= 4 is 120 Å². The standard InChI is InChI=1S/C34H37ClFN7O2.C33H36ClFN6O2.C32H33ClFN5O3S/c1-9-26-37-28(18(3)4)31(29(38-26)19(5)6)43-33-23(15-24(35)30(39-33)22-13-11-12-14-25(22)36)32(40-34(43)45)42-17-20(7)41(16-21(42)8)27(44)10-2;1-8-28(42)39-16-21(7)40(17-20(39)6)31-23-13-26(34)29(22-11-9-10-12-27(22)35)37-32(23)41(33(43)38-31)30-24(18(2)3)14-36-15-25(30)19(4)5;1-7-28(40)37-16-20(5)38(17-19(37)4)30-24-15-25(33)29(22-10-8-9-11-26(22)34)35-31(24)39(32(41)36-30)27-13-12-21(43(6)42)14-23(27)18(2)3/h9-15,18-21H,1-2,16-17H2,3-8H3;8-15,18-21H,1,16-17H2,2-7H3;7-15,18-20H,1,16-17H2,2-6H3/t;;19?,20?,43-/m..1/s1. The molecule has 12 aromatic rings. The number of aromatic nitrogens is 12. The largest absolute Gasteiger partial charge is 0.355 e. The minimum atomic E-state index is -1.23. The van der Waals surface area contributed by atoms with Crippen LogP contribution in [0.2, 0.25) is 15.1 Å². The maximum atomic E-state index is 15.1. The van der Waals surface area contributed by atoms with Crippen LogP contribution in [0.3, 0.4) is 0 Å². The van der Waals surface area contributed by atoms with Gasteiger partial charge in [0.1, 0.15) is 34.9 Å². The average molecular weight is 1860 g/mol. The smallest absolute Gasteiger partial charge is 0.349 e. The van der Waals surface area contributed by atoms with E-state index >= 15 is 8.78 Å². The lowest BCUT2D eigenvalue weighted by Gasteiger charge is -2.44. The fourth-order valence-corrected chi connectivity index (χ4v) is 18.6. The lowest BCUT2D eigenvalue weighted by molar-refractivity contribution is -0.129. The average Bonchev–Trinajstić information content (AvgIpc) is 0.737. The predicted molar refractivity (Wildman–Crippen MR) is 517 cm³/mol. The van der Waals surface area contributed by atoms with Gasteiger partial charge in [0.2, 0.25) is 17.7 Å². The van der Waals surface area contributed by atoms with Crippen LogP contribution in [0.1, 0.15) is 174 Å². The van der Waals surface area contributed by atoms with Gasteiger partial charge in [0, 0.05) is 127 Å². The zero-order valence-electron chi connectivity index (χ0n) is 76.4. The first-order chi connectivity index (χ1) is 62.2. The third-order valence-electron chi connectivity index (χ3n) is 24.0. The molecule has 0 N–H and O–H groups in total. The third-order valence-corrected chi connectivity index (χ3v) is 25.8. The maximum Gasteiger partial charge on any atom is 0.355 e. The molecular formula is C99H106Cl3F3N18O7S. The molecule has 0 bridgehead atoms. The van der Waals surface area contributed by atoms with E-state index in [2.05, 4.69) is 46.3 Å². The fraction of sp³-hybridized carbons (Fsp3) is 0.343. The van der Waals surface area contributed by atoms with Gasteiger partial charge in [-0.3, -0.25) is 23.6 Å². The van der Waals surface area contributed by atoms with Crippen LogP contribution in [0.15, 0.2) is 185 Å². The topological polar surface area (TPSA) is 270 Å². The lowest BCUT2D eigenvalue weighted by atomic mass is 9.95. The number of nitrogens with zero attached hydrogens (tertiary/aromatic N) is 18. The molecule has 11 heterocycles. The van der Waals surface area contributed by atoms with Crippen LogP contribution in [-0.2, 0) is 25.2 Å². The second-order valence-electron chi connectivity index (χ2n) is 34.8. The number of pyridine rings is 4. The minimum Gasteiger partial charge on any atom is -0.349 e. The molecule has 15 rings (SSSR count). The Kier molecular flexibility index (Phi) is 29.1. The number of amides is 3. The number of hydrogen-bond donors (Lipinski definition) is 0. The van der Waals surface area contributed by atoms with Gasteiger partial charge in [-0.2, -0.15) is 15.0 Å². The van der Waals surface area contributed by atoms with Gasteiger partial charge in [-0.05, 0) is 185 Å². The molecular weight excluding hydrogens is 1750 g/mol. The highest BCUT2D eigenvalue weighted by molar-refractivity contribution is 7.84. The molecule has 3 fully saturated rings. The molecule has 3 amide bonds. The van der Waals surface area contributed by atoms with Crippen molar-refractivity contribution in [1.82, 2.24) is 73.3 Å². The highest BCUT2D eigenvalue weighted by Gasteiger charge is 2.40. The van der Waals surface area contributed by atoms with Gasteiger partial charge < -0.3 is 29.4 Å². The van der Waals surface area contributed by atoms with Crippen LogP contribution < -0.4 is 31.8 Å². The SMILES string of the molecule is C=CC(=O)N1CC(C)N(c2nc(=O)n(-c3c(C(C)C)cncc3C(C)C)c3nc(-c4ccccc4F)c(Cl)cc23)CC1C.C=CC(=O)N1CC(C)N(c2nc(=O)n(-c3c(C(C)C)nc(C=C)nc3C(C)C)c3nc(-c4ccccc4F)c(Cl)cc23)CC1C.C=CC(=O)N1CC(C)N(c2nc(=O)n(-c3ccc([S@@](C)=O)cc3C(C)C)c3nc(-c4ccccc4F)c(Cl)cc23)CC1C. The Morgan fingerprint density at radius 3 is 1.04 bits per heavy atom. The summed E-state index contributed by atoms with van der Waals surface area (Å²) in [5, 5.41) is 2.19. The number of fused-ring (bicyclic) bond motifs is 3. The molecule has 7 atom stereocenters. The molecule has 8 aromatic heterocycles. The van der Waals surface area contributed by atoms with Crippen LogP contribution in [0.5, 0.6) is 0 Å². The quantitative estimate of drug-likeness (QED) is 0.0681. The van der Waals surface area contributed by atoms with Crippen molar-refractivity contribution in [3.8, 4) is 50.8 Å². The Bertz CT molecular complexity index is 6730. The van der Waals surface area contributed by atoms with Crippen LogP contribution in [-0.4, -0.2) is 177 Å². The van der Waals surface area contributed by atoms with Crippen molar-refractivity contribution in [3.63, 3.8) is 0 Å². The van der Waals surface area contributed by atoms with Crippen molar-refractivity contribution in [1.29, 1.82) is 0 Å². The molecule has 0 spiro atoms. The number of hydrogen-bond acceptors (Lipinski definition) is 19. The van der Waals surface area contributed by atoms with E-state index in [0.717, 1.165) is 16.7 Å². The Balaban J connectivity index is 0.000000167. The number of piperazine rings is 3. The van der Waals surface area contributed by atoms with Crippen LogP contribution in [0, 0.1) is 17.5 Å². The first kappa shape index (κ1) is 96.1. The molecule has 3 aliphatic heterocycles. The summed E-state index contributed by atoms with van der Waals surface area (Å²) in [6, 6.07) is 28.0. The summed E-state index contributed by atoms with van der Waals surface area (Å²) >= 11 is 20.5. The van der Waals surface area contributed by atoms with Crippen molar-refractivity contribution < 1.29 is 31.8 Å². The summed E-state index contributed by atoms with van der Waals surface area (Å²) in [5.74, 6) is -0.461. The highest BCUT2D eigenvalue weighted by atomic mass is 35.5. The molecule has 0 radical (unpaired) electrons. The first-order valence-electron chi connectivity index (χ1n) is 43.5. The summed E-state index contributed by atoms with van der Waals surface area (Å²) in [7, 11) is -1.23. The normalized spacial score (nSPS) is 17.3. The molecule has 3 saturated heterocycles. The summed E-state index contributed by atoms with van der Waals surface area (Å²) in [5.41, 5.74) is 5.85. The van der Waals surface area contributed by atoms with Gasteiger partial charge in [-0.1, -0.05) is 167 Å². The van der Waals surface area contributed by atoms with E-state index in [9.17, 15) is 37.4 Å². The van der Waals surface area contributed by atoms with E-state index in [0.29, 0.717) is 118 Å². The number of carbonyl (C=O) groups is 3. The van der Waals surface area contributed by atoms with Gasteiger partial charge in [0.15, 0.2) is 22.8 Å². The number of carbonyl (C=O) groups excluding carboxylic acids is 3. The van der Waals surface area contributed by atoms with Crippen LogP contribution in [0.25, 0.3) is 90.0 Å². The molecule has 3 aliphatic rings. The molecule has 6 unspecified atom stereocenters. The minimum absolute atomic E-state index is 0.0326. The fourth-order valence-electron chi connectivity index (χ4n) is 17.3. The van der Waals surface area contributed by atoms with Crippen LogP contribution >= 0.6 is 34.8 Å². The van der Waals surface area contributed by atoms with Gasteiger partial charge in [-0.25, -0.2) is 66.2 Å². The molecule has 682 valence electrons. The molecule has 0 aliphatic carbocycles. The van der Waals surface area contributed by atoms with Crippen molar-refractivity contribution in [3.05, 3.63) is 264 Å². The van der Waals surface area contributed by atoms with E-state index in [1.54, 1.807) is 124 Å². The summed E-state index contributed by atoms with van der Waals surface area (Å²) in [4.78, 5) is 135. The molecule has 0 saturated carbocycles. The lowest BCUT2D eigenvalue weighted by Crippen LogP contribution is -2.58. The molecule has 25 nitrogen and oxygen atoms in total. The van der Waals surface area contributed by atoms with Crippen LogP contribution in [0.4, 0.5) is 30.6 Å². The Labute approximate surface area is 776 Å². The Morgan fingerprint density at radius 2 is 0.733 bits per heavy atom. The van der Waals surface area contributed by atoms with E-state index < -0.39 is 45.3 Å². The summed E-state index contributed by atoms with van der Waals surface area (Å²) in [6.45, 7) is 49.0. The summed E-state index contributed by atoms with van der Waals surface area (Å²) < 4.78 is 61.9. The van der Waals surface area contributed by atoms with E-state index in [1.165, 1.54) is 50.1 Å². The molecule has 4 aromatic carbocycles. The van der Waals surface area contributed by atoms with E-state index in [1.807, 2.05) is 132 Å². The number of halogens is 6. The van der Waals surface area contributed by atoms with E-state index in [4.69, 9.17) is 59.7 Å². The Hall–Kier alpha value is -12.4. The highest BCUT2D eigenvalue weighted by Crippen LogP contribution is 2.43. The van der Waals surface area contributed by atoms with Gasteiger partial charge >= 0.3 is 17.1 Å². The first-order valence-corrected chi connectivity index (χ1v) is 46.2. The van der Waals surface area contributed by atoms with Gasteiger partial charge in [-0.15, -0.1) is 0 Å².